The molecule has 23 heavy (non-hydrogen) atoms. The Balaban J connectivity index is 2.66. The largest absolute Gasteiger partial charge is 0.573 e. The highest BCUT2D eigenvalue weighted by atomic mass is 19.4. The Labute approximate surface area is 130 Å². The number of carbonyl (C=O) groups excluding carboxylic acids is 1. The summed E-state index contributed by atoms with van der Waals surface area (Å²) in [5.41, 5.74) is 0.343. The number of benzene rings is 2. The van der Waals surface area contributed by atoms with Crippen LogP contribution in [0.15, 0.2) is 42.5 Å². The van der Waals surface area contributed by atoms with Crippen molar-refractivity contribution in [1.82, 2.24) is 0 Å². The van der Waals surface area contributed by atoms with Gasteiger partial charge in [0.05, 0.1) is 14.2 Å². The molecule has 0 saturated heterocycles. The van der Waals surface area contributed by atoms with Crippen LogP contribution in [0.3, 0.4) is 0 Å². The van der Waals surface area contributed by atoms with Gasteiger partial charge in [-0.25, -0.2) is 4.79 Å². The molecule has 4 nitrogen and oxygen atoms in total. The summed E-state index contributed by atoms with van der Waals surface area (Å²) in [7, 11) is 2.53. The van der Waals surface area contributed by atoms with Gasteiger partial charge in [-0.05, 0) is 12.1 Å². The van der Waals surface area contributed by atoms with Crippen molar-refractivity contribution in [2.75, 3.05) is 14.2 Å². The molecule has 0 N–H and O–H groups in total. The first-order valence-electron chi connectivity index (χ1n) is 6.48. The average molecular weight is 326 g/mol. The van der Waals surface area contributed by atoms with E-state index < -0.39 is 18.1 Å². The van der Waals surface area contributed by atoms with Crippen LogP contribution in [0, 0.1) is 0 Å². The zero-order chi connectivity index (χ0) is 17.0. The van der Waals surface area contributed by atoms with Gasteiger partial charge in [-0.15, -0.1) is 13.2 Å². The number of alkyl halides is 3. The van der Waals surface area contributed by atoms with Crippen molar-refractivity contribution in [2.45, 2.75) is 6.36 Å². The lowest BCUT2D eigenvalue weighted by atomic mass is 9.98. The fourth-order valence-corrected chi connectivity index (χ4v) is 2.14. The fourth-order valence-electron chi connectivity index (χ4n) is 2.14. The first-order valence-corrected chi connectivity index (χ1v) is 6.48. The van der Waals surface area contributed by atoms with Crippen LogP contribution in [-0.2, 0) is 4.74 Å². The molecule has 0 aromatic heterocycles. The molecule has 0 saturated carbocycles. The second kappa shape index (κ2) is 6.60. The summed E-state index contributed by atoms with van der Waals surface area (Å²) in [5, 5.41) is 0. The van der Waals surface area contributed by atoms with E-state index in [1.165, 1.54) is 44.6 Å². The molecule has 0 aliphatic carbocycles. The van der Waals surface area contributed by atoms with E-state index >= 15 is 0 Å². The van der Waals surface area contributed by atoms with Crippen molar-refractivity contribution in [3.8, 4) is 22.6 Å². The van der Waals surface area contributed by atoms with Crippen LogP contribution >= 0.6 is 0 Å². The Bertz CT molecular complexity index is 711. The van der Waals surface area contributed by atoms with Crippen molar-refractivity contribution in [2.24, 2.45) is 0 Å². The highest BCUT2D eigenvalue weighted by molar-refractivity contribution is 6.00. The SMILES string of the molecule is COC(=O)c1c(OC)cccc1-c1ccccc1OC(F)(F)F. The normalized spacial score (nSPS) is 11.0. The molecule has 122 valence electrons. The quantitative estimate of drug-likeness (QED) is 0.795. The van der Waals surface area contributed by atoms with Crippen LogP contribution in [-0.4, -0.2) is 26.6 Å². The highest BCUT2D eigenvalue weighted by Gasteiger charge is 2.32. The Morgan fingerprint density at radius 2 is 1.52 bits per heavy atom. The maximum absolute atomic E-state index is 12.6. The van der Waals surface area contributed by atoms with Crippen LogP contribution in [0.4, 0.5) is 13.2 Å². The summed E-state index contributed by atoms with van der Waals surface area (Å²) >= 11 is 0. The van der Waals surface area contributed by atoms with E-state index in [4.69, 9.17) is 9.47 Å². The number of esters is 1. The van der Waals surface area contributed by atoms with Crippen LogP contribution in [0.2, 0.25) is 0 Å². The predicted octanol–water partition coefficient (Wildman–Crippen LogP) is 4.05. The molecule has 0 aliphatic rings. The molecular weight excluding hydrogens is 313 g/mol. The van der Waals surface area contributed by atoms with Crippen LogP contribution < -0.4 is 9.47 Å². The number of ether oxygens (including phenoxy) is 3. The van der Waals surface area contributed by atoms with Crippen LogP contribution in [0.1, 0.15) is 10.4 Å². The lowest BCUT2D eigenvalue weighted by Gasteiger charge is -2.16. The zero-order valence-corrected chi connectivity index (χ0v) is 12.3. The Morgan fingerprint density at radius 3 is 2.13 bits per heavy atom. The number of carbonyl (C=O) groups is 1. The molecule has 0 amide bonds. The molecule has 0 bridgehead atoms. The maximum atomic E-state index is 12.6. The summed E-state index contributed by atoms with van der Waals surface area (Å²) in [6.07, 6.45) is -4.85. The lowest BCUT2D eigenvalue weighted by molar-refractivity contribution is -0.274. The second-order valence-electron chi connectivity index (χ2n) is 4.42. The Morgan fingerprint density at radius 1 is 0.913 bits per heavy atom. The van der Waals surface area contributed by atoms with Gasteiger partial charge in [0.1, 0.15) is 17.1 Å². The third kappa shape index (κ3) is 3.74. The Kier molecular flexibility index (Phi) is 4.78. The third-order valence-corrected chi connectivity index (χ3v) is 3.04. The fraction of sp³-hybridized carbons (Fsp3) is 0.188. The minimum absolute atomic E-state index is 0.0238. The van der Waals surface area contributed by atoms with Gasteiger partial charge in [0.15, 0.2) is 0 Å². The minimum Gasteiger partial charge on any atom is -0.496 e. The number of rotatable bonds is 4. The molecule has 0 heterocycles. The second-order valence-corrected chi connectivity index (χ2v) is 4.42. The van der Waals surface area contributed by atoms with Crippen molar-refractivity contribution >= 4 is 5.97 Å². The van der Waals surface area contributed by atoms with E-state index in [0.29, 0.717) is 0 Å². The number of hydrogen-bond donors (Lipinski definition) is 0. The molecule has 0 radical (unpaired) electrons. The summed E-state index contributed by atoms with van der Waals surface area (Å²) < 4.78 is 51.6. The van der Waals surface area contributed by atoms with Crippen molar-refractivity contribution in [3.05, 3.63) is 48.0 Å². The van der Waals surface area contributed by atoms with Crippen molar-refractivity contribution < 1.29 is 32.2 Å². The van der Waals surface area contributed by atoms with E-state index in [1.807, 2.05) is 0 Å². The summed E-state index contributed by atoms with van der Waals surface area (Å²) in [4.78, 5) is 12.0. The molecule has 2 rings (SSSR count). The summed E-state index contributed by atoms with van der Waals surface area (Å²) in [5.74, 6) is -0.950. The highest BCUT2D eigenvalue weighted by Crippen LogP contribution is 2.38. The van der Waals surface area contributed by atoms with Gasteiger partial charge in [-0.2, -0.15) is 0 Å². The average Bonchev–Trinajstić information content (AvgIpc) is 2.52. The number of methoxy groups -OCH3 is 2. The van der Waals surface area contributed by atoms with Gasteiger partial charge in [0, 0.05) is 11.1 Å². The van der Waals surface area contributed by atoms with Gasteiger partial charge < -0.3 is 14.2 Å². The molecule has 2 aromatic carbocycles. The lowest BCUT2D eigenvalue weighted by Crippen LogP contribution is -2.17. The molecule has 0 unspecified atom stereocenters. The van der Waals surface area contributed by atoms with Gasteiger partial charge in [-0.1, -0.05) is 30.3 Å². The molecule has 7 heteroatoms. The Hall–Kier alpha value is -2.70. The zero-order valence-electron chi connectivity index (χ0n) is 12.3. The summed E-state index contributed by atoms with van der Waals surface area (Å²) in [6.45, 7) is 0. The standard InChI is InChI=1S/C16H13F3O4/c1-21-13-9-5-7-11(14(13)15(20)22-2)10-6-3-4-8-12(10)23-16(17,18)19/h3-9H,1-2H3. The van der Waals surface area contributed by atoms with E-state index in [1.54, 1.807) is 12.1 Å². The topological polar surface area (TPSA) is 44.8 Å². The van der Waals surface area contributed by atoms with Crippen molar-refractivity contribution in [1.29, 1.82) is 0 Å². The predicted molar refractivity (Wildman–Crippen MR) is 76.5 cm³/mol. The van der Waals surface area contributed by atoms with Crippen LogP contribution in [0.25, 0.3) is 11.1 Å². The van der Waals surface area contributed by atoms with Gasteiger partial charge in [-0.3, -0.25) is 0 Å². The maximum Gasteiger partial charge on any atom is 0.573 e. The number of hydrogen-bond acceptors (Lipinski definition) is 4. The third-order valence-electron chi connectivity index (χ3n) is 3.04. The molecule has 0 spiro atoms. The van der Waals surface area contributed by atoms with Gasteiger partial charge in [0.25, 0.3) is 0 Å². The number of para-hydroxylation sites is 1. The molecule has 0 atom stereocenters. The molecule has 0 fully saturated rings. The van der Waals surface area contributed by atoms with Crippen molar-refractivity contribution in [3.63, 3.8) is 0 Å². The molecule has 2 aromatic rings. The molecule has 0 aliphatic heterocycles. The summed E-state index contributed by atoms with van der Waals surface area (Å²) in [6, 6.07) is 10.1. The van der Waals surface area contributed by atoms with E-state index in [-0.39, 0.29) is 22.4 Å². The number of halogens is 3. The van der Waals surface area contributed by atoms with E-state index in [9.17, 15) is 18.0 Å². The minimum atomic E-state index is -4.85. The first kappa shape index (κ1) is 16.7. The van der Waals surface area contributed by atoms with E-state index in [0.717, 1.165) is 0 Å². The molecular formula is C16H13F3O4. The monoisotopic (exact) mass is 326 g/mol. The van der Waals surface area contributed by atoms with Crippen LogP contribution in [0.5, 0.6) is 11.5 Å². The van der Waals surface area contributed by atoms with Gasteiger partial charge in [0.2, 0.25) is 0 Å². The first-order chi connectivity index (χ1) is 10.9. The van der Waals surface area contributed by atoms with Gasteiger partial charge >= 0.3 is 12.3 Å². The van der Waals surface area contributed by atoms with E-state index in [2.05, 4.69) is 4.74 Å². The smallest absolute Gasteiger partial charge is 0.496 e.